The zero-order valence-corrected chi connectivity index (χ0v) is 11.7. The van der Waals surface area contributed by atoms with Gasteiger partial charge in [-0.3, -0.25) is 9.59 Å². The Hall–Kier alpha value is -1.53. The summed E-state index contributed by atoms with van der Waals surface area (Å²) in [6.45, 7) is 2.62. The van der Waals surface area contributed by atoms with Gasteiger partial charge in [0, 0.05) is 25.6 Å². The van der Waals surface area contributed by atoms with E-state index in [-0.39, 0.29) is 36.0 Å². The molecule has 0 aliphatic rings. The predicted octanol–water partition coefficient (Wildman–Crippen LogP) is 0.675. The molecule has 19 heavy (non-hydrogen) atoms. The smallest absolute Gasteiger partial charge is 0.287 e. The van der Waals surface area contributed by atoms with E-state index in [4.69, 9.17) is 10.2 Å². The highest BCUT2D eigenvalue weighted by atomic mass is 35.5. The first kappa shape index (κ1) is 17.5. The van der Waals surface area contributed by atoms with E-state index in [0.717, 1.165) is 0 Å². The second-order valence-electron chi connectivity index (χ2n) is 4.10. The fraction of sp³-hybridized carbons (Fsp3) is 0.500. The molecule has 108 valence electrons. The highest BCUT2D eigenvalue weighted by Crippen LogP contribution is 1.98. The minimum Gasteiger partial charge on any atom is -0.459 e. The van der Waals surface area contributed by atoms with Crippen LogP contribution < -0.4 is 16.4 Å². The van der Waals surface area contributed by atoms with Crippen molar-refractivity contribution in [1.29, 1.82) is 0 Å². The molecule has 0 aromatic carbocycles. The third-order valence-electron chi connectivity index (χ3n) is 2.30. The zero-order chi connectivity index (χ0) is 13.4. The van der Waals surface area contributed by atoms with Gasteiger partial charge in [-0.25, -0.2) is 0 Å². The molecule has 0 aliphatic heterocycles. The molecule has 0 saturated carbocycles. The first-order valence-corrected chi connectivity index (χ1v) is 5.93. The van der Waals surface area contributed by atoms with Gasteiger partial charge in [-0.2, -0.15) is 0 Å². The van der Waals surface area contributed by atoms with E-state index in [2.05, 4.69) is 10.6 Å². The van der Waals surface area contributed by atoms with Gasteiger partial charge in [-0.05, 0) is 25.5 Å². The van der Waals surface area contributed by atoms with Crippen molar-refractivity contribution in [1.82, 2.24) is 10.6 Å². The van der Waals surface area contributed by atoms with Gasteiger partial charge in [-0.15, -0.1) is 12.4 Å². The van der Waals surface area contributed by atoms with Crippen molar-refractivity contribution in [2.24, 2.45) is 5.73 Å². The van der Waals surface area contributed by atoms with Crippen molar-refractivity contribution in [3.8, 4) is 0 Å². The average Bonchev–Trinajstić information content (AvgIpc) is 2.85. The molecular formula is C12H20ClN3O3. The number of hydrogen-bond acceptors (Lipinski definition) is 4. The number of hydrogen-bond donors (Lipinski definition) is 3. The van der Waals surface area contributed by atoms with E-state index in [0.29, 0.717) is 25.9 Å². The van der Waals surface area contributed by atoms with Crippen LogP contribution in [0.5, 0.6) is 0 Å². The fourth-order valence-corrected chi connectivity index (χ4v) is 1.32. The Bertz CT molecular complexity index is 380. The Balaban J connectivity index is 0.00000324. The molecule has 1 unspecified atom stereocenters. The van der Waals surface area contributed by atoms with Crippen LogP contribution in [-0.4, -0.2) is 30.9 Å². The Morgan fingerprint density at radius 2 is 2.05 bits per heavy atom. The standard InChI is InChI=1S/C12H19N3O3.ClH/c1-9(13)4-5-11(16)14-6-7-15-12(17)10-3-2-8-18-10;/h2-3,8-9H,4-7,13H2,1H3,(H,14,16)(H,15,17);1H. The van der Waals surface area contributed by atoms with Crippen LogP contribution in [0, 0.1) is 0 Å². The summed E-state index contributed by atoms with van der Waals surface area (Å²) in [7, 11) is 0. The zero-order valence-electron chi connectivity index (χ0n) is 10.8. The lowest BCUT2D eigenvalue weighted by molar-refractivity contribution is -0.121. The minimum absolute atomic E-state index is 0. The summed E-state index contributed by atoms with van der Waals surface area (Å²) in [6.07, 6.45) is 2.50. The summed E-state index contributed by atoms with van der Waals surface area (Å²) in [5, 5.41) is 5.33. The van der Waals surface area contributed by atoms with E-state index in [1.807, 2.05) is 6.92 Å². The van der Waals surface area contributed by atoms with E-state index >= 15 is 0 Å². The molecule has 0 spiro atoms. The van der Waals surface area contributed by atoms with Crippen molar-refractivity contribution < 1.29 is 14.0 Å². The summed E-state index contributed by atoms with van der Waals surface area (Å²) < 4.78 is 4.93. The first-order valence-electron chi connectivity index (χ1n) is 5.93. The third-order valence-corrected chi connectivity index (χ3v) is 2.30. The van der Waals surface area contributed by atoms with Gasteiger partial charge in [-0.1, -0.05) is 0 Å². The lowest BCUT2D eigenvalue weighted by Crippen LogP contribution is -2.35. The van der Waals surface area contributed by atoms with Crippen LogP contribution in [0.2, 0.25) is 0 Å². The van der Waals surface area contributed by atoms with E-state index < -0.39 is 0 Å². The van der Waals surface area contributed by atoms with Gasteiger partial charge in [0.15, 0.2) is 5.76 Å². The first-order chi connectivity index (χ1) is 8.59. The minimum atomic E-state index is -0.287. The van der Waals surface area contributed by atoms with Crippen LogP contribution in [0.15, 0.2) is 22.8 Å². The second-order valence-corrected chi connectivity index (χ2v) is 4.10. The van der Waals surface area contributed by atoms with Gasteiger partial charge >= 0.3 is 0 Å². The topological polar surface area (TPSA) is 97.4 Å². The van der Waals surface area contributed by atoms with Gasteiger partial charge in [0.25, 0.3) is 5.91 Å². The maximum Gasteiger partial charge on any atom is 0.287 e. The molecule has 7 heteroatoms. The average molecular weight is 290 g/mol. The number of nitrogens with two attached hydrogens (primary N) is 1. The van der Waals surface area contributed by atoms with Gasteiger partial charge in [0.1, 0.15) is 0 Å². The van der Waals surface area contributed by atoms with Crippen LogP contribution >= 0.6 is 12.4 Å². The normalized spacial score (nSPS) is 11.3. The van der Waals surface area contributed by atoms with Gasteiger partial charge in [0.2, 0.25) is 5.91 Å². The second kappa shape index (κ2) is 9.41. The molecule has 2 amide bonds. The molecule has 1 aromatic heterocycles. The van der Waals surface area contributed by atoms with Crippen molar-refractivity contribution in [3.05, 3.63) is 24.2 Å². The molecule has 0 radical (unpaired) electrons. The Morgan fingerprint density at radius 3 is 2.63 bits per heavy atom. The molecule has 1 heterocycles. The van der Waals surface area contributed by atoms with E-state index in [9.17, 15) is 9.59 Å². The molecular weight excluding hydrogens is 270 g/mol. The molecule has 0 saturated heterocycles. The number of halogens is 1. The maximum absolute atomic E-state index is 11.4. The van der Waals surface area contributed by atoms with Crippen molar-refractivity contribution in [2.45, 2.75) is 25.8 Å². The molecule has 1 atom stereocenters. The van der Waals surface area contributed by atoms with Gasteiger partial charge < -0.3 is 20.8 Å². The third kappa shape index (κ3) is 7.48. The number of carbonyl (C=O) groups is 2. The molecule has 0 aliphatic carbocycles. The molecule has 6 nitrogen and oxygen atoms in total. The van der Waals surface area contributed by atoms with Crippen molar-refractivity contribution >= 4 is 24.2 Å². The number of carbonyl (C=O) groups excluding carboxylic acids is 2. The lowest BCUT2D eigenvalue weighted by atomic mass is 10.2. The Morgan fingerprint density at radius 1 is 1.37 bits per heavy atom. The number of furan rings is 1. The number of rotatable bonds is 7. The van der Waals surface area contributed by atoms with Crippen LogP contribution in [-0.2, 0) is 4.79 Å². The molecule has 1 rings (SSSR count). The van der Waals surface area contributed by atoms with E-state index in [1.165, 1.54) is 6.26 Å². The SMILES string of the molecule is CC(N)CCC(=O)NCCNC(=O)c1ccco1.Cl. The van der Waals surface area contributed by atoms with Crippen LogP contribution in [0.3, 0.4) is 0 Å². The highest BCUT2D eigenvalue weighted by Gasteiger charge is 2.07. The maximum atomic E-state index is 11.4. The van der Waals surface area contributed by atoms with Gasteiger partial charge in [0.05, 0.1) is 6.26 Å². The van der Waals surface area contributed by atoms with E-state index in [1.54, 1.807) is 12.1 Å². The summed E-state index contributed by atoms with van der Waals surface area (Å²) >= 11 is 0. The monoisotopic (exact) mass is 289 g/mol. The van der Waals surface area contributed by atoms with Crippen LogP contribution in [0.25, 0.3) is 0 Å². The summed E-state index contributed by atoms with van der Waals surface area (Å²) in [6, 6.07) is 3.25. The molecule has 0 fully saturated rings. The fourth-order valence-electron chi connectivity index (χ4n) is 1.32. The number of nitrogens with one attached hydrogen (secondary N) is 2. The number of amides is 2. The Kier molecular flexibility index (Phi) is 8.65. The van der Waals surface area contributed by atoms with Crippen molar-refractivity contribution in [2.75, 3.05) is 13.1 Å². The van der Waals surface area contributed by atoms with Crippen molar-refractivity contribution in [3.63, 3.8) is 0 Å². The largest absolute Gasteiger partial charge is 0.459 e. The van der Waals surface area contributed by atoms with Crippen LogP contribution in [0.1, 0.15) is 30.3 Å². The summed E-state index contributed by atoms with van der Waals surface area (Å²) in [5.74, 6) is -0.0809. The molecule has 0 bridgehead atoms. The predicted molar refractivity (Wildman–Crippen MR) is 74.2 cm³/mol. The highest BCUT2D eigenvalue weighted by molar-refractivity contribution is 5.91. The molecule has 1 aromatic rings. The lowest BCUT2D eigenvalue weighted by Gasteiger charge is -2.07. The molecule has 4 N–H and O–H groups in total. The quantitative estimate of drug-likeness (QED) is 0.643. The Labute approximate surface area is 118 Å². The summed E-state index contributed by atoms with van der Waals surface area (Å²) in [4.78, 5) is 22.8. The summed E-state index contributed by atoms with van der Waals surface area (Å²) in [5.41, 5.74) is 5.54. The van der Waals surface area contributed by atoms with Crippen LogP contribution in [0.4, 0.5) is 0 Å².